The number of methoxy groups -OCH3 is 1. The van der Waals surface area contributed by atoms with E-state index in [0.717, 1.165) is 25.5 Å². The number of nitrogens with one attached hydrogen (secondary N) is 1. The van der Waals surface area contributed by atoms with E-state index in [1.807, 2.05) is 6.07 Å². The van der Waals surface area contributed by atoms with Crippen LogP contribution < -0.4 is 9.64 Å². The van der Waals surface area contributed by atoms with E-state index >= 15 is 0 Å². The van der Waals surface area contributed by atoms with Crippen LogP contribution >= 0.6 is 0 Å². The summed E-state index contributed by atoms with van der Waals surface area (Å²) in [5.41, 5.74) is 3.10. The number of hydrogen-bond donors (Lipinski definition) is 1. The molecule has 6 nitrogen and oxygen atoms in total. The minimum absolute atomic E-state index is 0.442. The minimum atomic E-state index is 0.442. The number of nitrogens with zero attached hydrogens (tertiary/aromatic N) is 4. The molecule has 0 unspecified atom stereocenters. The lowest BCUT2D eigenvalue weighted by Gasteiger charge is -2.48. The van der Waals surface area contributed by atoms with Gasteiger partial charge in [0.15, 0.2) is 0 Å². The Kier molecular flexibility index (Phi) is 4.87. The molecule has 1 spiro atoms. The van der Waals surface area contributed by atoms with Crippen molar-refractivity contribution in [2.75, 3.05) is 38.2 Å². The Balaban J connectivity index is 1.25. The molecule has 0 bridgehead atoms. The highest BCUT2D eigenvalue weighted by atomic mass is 16.5. The van der Waals surface area contributed by atoms with Gasteiger partial charge in [-0.05, 0) is 55.3 Å². The molecule has 6 heteroatoms. The van der Waals surface area contributed by atoms with Crippen LogP contribution in [0.3, 0.4) is 0 Å². The fourth-order valence-electron chi connectivity index (χ4n) is 5.17. The van der Waals surface area contributed by atoms with Gasteiger partial charge in [0, 0.05) is 49.5 Å². The molecule has 2 aromatic heterocycles. The van der Waals surface area contributed by atoms with E-state index < -0.39 is 0 Å². The van der Waals surface area contributed by atoms with Crippen LogP contribution in [0.2, 0.25) is 0 Å². The first-order valence-electron chi connectivity index (χ1n) is 10.6. The zero-order valence-corrected chi connectivity index (χ0v) is 17.1. The van der Waals surface area contributed by atoms with Crippen LogP contribution in [0.15, 0.2) is 42.7 Å². The first-order valence-corrected chi connectivity index (χ1v) is 10.6. The summed E-state index contributed by atoms with van der Waals surface area (Å²) in [6.07, 6.45) is 9.07. The number of hydrogen-bond acceptors (Lipinski definition) is 5. The third-order valence-electron chi connectivity index (χ3n) is 6.76. The molecular formula is C23H29N5O. The van der Waals surface area contributed by atoms with Crippen molar-refractivity contribution in [2.45, 2.75) is 32.2 Å². The fourth-order valence-corrected chi connectivity index (χ4v) is 5.17. The second-order valence-corrected chi connectivity index (χ2v) is 8.56. The lowest BCUT2D eigenvalue weighted by molar-refractivity contribution is 0.0607. The first kappa shape index (κ1) is 18.4. The van der Waals surface area contributed by atoms with Crippen molar-refractivity contribution in [3.05, 3.63) is 48.3 Å². The average Bonchev–Trinajstić information content (AvgIpc) is 3.17. The van der Waals surface area contributed by atoms with Crippen molar-refractivity contribution in [2.24, 2.45) is 5.41 Å². The van der Waals surface area contributed by atoms with Gasteiger partial charge in [0.1, 0.15) is 5.82 Å². The standard InChI is InChI=1S/C23H29N5O/c1-29-22-24-11-7-21(26-22)28-13-9-23(10-14-28)8-4-12-27(17-23)16-18-15-25-20-6-3-2-5-19(18)20/h2-3,5-7,11,15,25H,4,8-10,12-14,16-17H2,1H3. The maximum absolute atomic E-state index is 5.19. The van der Waals surface area contributed by atoms with Crippen LogP contribution in [-0.4, -0.2) is 53.1 Å². The largest absolute Gasteiger partial charge is 0.467 e. The van der Waals surface area contributed by atoms with E-state index in [9.17, 15) is 0 Å². The van der Waals surface area contributed by atoms with Crippen molar-refractivity contribution in [1.82, 2.24) is 19.9 Å². The fraction of sp³-hybridized carbons (Fsp3) is 0.478. The Labute approximate surface area is 171 Å². The first-order chi connectivity index (χ1) is 14.2. The highest BCUT2D eigenvalue weighted by Gasteiger charge is 2.38. The quantitative estimate of drug-likeness (QED) is 0.732. The Morgan fingerprint density at radius 3 is 2.83 bits per heavy atom. The monoisotopic (exact) mass is 391 g/mol. The molecule has 4 heterocycles. The number of aromatic amines is 1. The summed E-state index contributed by atoms with van der Waals surface area (Å²) >= 11 is 0. The van der Waals surface area contributed by atoms with Crippen LogP contribution in [0, 0.1) is 5.41 Å². The molecule has 0 saturated carbocycles. The number of anilines is 1. The number of rotatable bonds is 4. The van der Waals surface area contributed by atoms with Crippen molar-refractivity contribution >= 4 is 16.7 Å². The number of fused-ring (bicyclic) bond motifs is 1. The third kappa shape index (κ3) is 3.69. The van der Waals surface area contributed by atoms with Crippen LogP contribution in [-0.2, 0) is 6.54 Å². The highest BCUT2D eigenvalue weighted by molar-refractivity contribution is 5.82. The maximum Gasteiger partial charge on any atom is 0.318 e. The van der Waals surface area contributed by atoms with Gasteiger partial charge in [0.2, 0.25) is 0 Å². The van der Waals surface area contributed by atoms with Gasteiger partial charge in [-0.1, -0.05) is 18.2 Å². The molecule has 29 heavy (non-hydrogen) atoms. The molecule has 2 aliphatic heterocycles. The molecule has 0 atom stereocenters. The van der Waals surface area contributed by atoms with Crippen molar-refractivity contribution in [1.29, 1.82) is 0 Å². The second-order valence-electron chi connectivity index (χ2n) is 8.56. The summed E-state index contributed by atoms with van der Waals surface area (Å²) in [4.78, 5) is 17.1. The summed E-state index contributed by atoms with van der Waals surface area (Å²) in [6.45, 7) is 5.56. The van der Waals surface area contributed by atoms with Gasteiger partial charge >= 0.3 is 6.01 Å². The van der Waals surface area contributed by atoms with E-state index in [1.165, 1.54) is 55.2 Å². The van der Waals surface area contributed by atoms with Crippen molar-refractivity contribution < 1.29 is 4.74 Å². The number of H-pyrrole nitrogens is 1. The number of para-hydroxylation sites is 1. The Bertz CT molecular complexity index is 976. The van der Waals surface area contributed by atoms with Gasteiger partial charge in [-0.3, -0.25) is 4.90 Å². The zero-order valence-electron chi connectivity index (χ0n) is 17.1. The summed E-state index contributed by atoms with van der Waals surface area (Å²) in [6, 6.07) is 11.1. The smallest absolute Gasteiger partial charge is 0.318 e. The van der Waals surface area contributed by atoms with Gasteiger partial charge in [0.25, 0.3) is 0 Å². The van der Waals surface area contributed by atoms with Gasteiger partial charge in [-0.2, -0.15) is 4.98 Å². The molecular weight excluding hydrogens is 362 g/mol. The number of ether oxygens (including phenoxy) is 1. The van der Waals surface area contributed by atoms with Gasteiger partial charge in [-0.25, -0.2) is 4.98 Å². The molecule has 1 N–H and O–H groups in total. The predicted octanol–water partition coefficient (Wildman–Crippen LogP) is 3.85. The topological polar surface area (TPSA) is 57.3 Å². The molecule has 3 aromatic rings. The summed E-state index contributed by atoms with van der Waals surface area (Å²) in [5, 5.41) is 1.36. The number of aromatic nitrogens is 3. The second kappa shape index (κ2) is 7.67. The van der Waals surface area contributed by atoms with E-state index in [-0.39, 0.29) is 0 Å². The molecule has 2 aliphatic rings. The molecule has 0 amide bonds. The van der Waals surface area contributed by atoms with Crippen LogP contribution in [0.25, 0.3) is 10.9 Å². The predicted molar refractivity (Wildman–Crippen MR) is 115 cm³/mol. The highest BCUT2D eigenvalue weighted by Crippen LogP contribution is 2.41. The lowest BCUT2D eigenvalue weighted by Crippen LogP contribution is -2.49. The summed E-state index contributed by atoms with van der Waals surface area (Å²) in [5.74, 6) is 0.984. The van der Waals surface area contributed by atoms with Gasteiger partial charge < -0.3 is 14.6 Å². The lowest BCUT2D eigenvalue weighted by atomic mass is 9.72. The van der Waals surface area contributed by atoms with Crippen LogP contribution in [0.5, 0.6) is 6.01 Å². The average molecular weight is 392 g/mol. The molecule has 2 fully saturated rings. The van der Waals surface area contributed by atoms with E-state index in [4.69, 9.17) is 4.74 Å². The SMILES string of the molecule is COc1nccc(N2CCC3(CCCN(Cc4c[nH]c5ccccc45)C3)CC2)n1. The molecule has 0 aliphatic carbocycles. The van der Waals surface area contributed by atoms with Gasteiger partial charge in [0.05, 0.1) is 7.11 Å². The summed E-state index contributed by atoms with van der Waals surface area (Å²) < 4.78 is 5.19. The van der Waals surface area contributed by atoms with E-state index in [1.54, 1.807) is 13.3 Å². The molecule has 1 aromatic carbocycles. The van der Waals surface area contributed by atoms with E-state index in [2.05, 4.69) is 55.2 Å². The summed E-state index contributed by atoms with van der Waals surface area (Å²) in [7, 11) is 1.62. The minimum Gasteiger partial charge on any atom is -0.467 e. The van der Waals surface area contributed by atoms with Crippen LogP contribution in [0.4, 0.5) is 5.82 Å². The van der Waals surface area contributed by atoms with Crippen molar-refractivity contribution in [3.63, 3.8) is 0 Å². The zero-order chi connectivity index (χ0) is 19.7. The van der Waals surface area contributed by atoms with E-state index in [0.29, 0.717) is 11.4 Å². The normalized spacial score (nSPS) is 19.7. The Morgan fingerprint density at radius 1 is 1.10 bits per heavy atom. The molecule has 152 valence electrons. The molecule has 0 radical (unpaired) electrons. The number of likely N-dealkylation sites (tertiary alicyclic amines) is 1. The van der Waals surface area contributed by atoms with Gasteiger partial charge in [-0.15, -0.1) is 0 Å². The number of benzene rings is 1. The van der Waals surface area contributed by atoms with Crippen LogP contribution in [0.1, 0.15) is 31.2 Å². The molecule has 2 saturated heterocycles. The number of piperidine rings is 2. The maximum atomic E-state index is 5.19. The third-order valence-corrected chi connectivity index (χ3v) is 6.76. The Morgan fingerprint density at radius 2 is 1.97 bits per heavy atom. The molecule has 5 rings (SSSR count). The van der Waals surface area contributed by atoms with Crippen molar-refractivity contribution in [3.8, 4) is 6.01 Å². The Hall–Kier alpha value is -2.60.